The topological polar surface area (TPSA) is 49.4 Å². The van der Waals surface area contributed by atoms with Gasteiger partial charge in [0, 0.05) is 24.8 Å². The maximum atomic E-state index is 12.8. The van der Waals surface area contributed by atoms with Crippen LogP contribution in [0, 0.1) is 0 Å². The first-order valence-electron chi connectivity index (χ1n) is 11.5. The van der Waals surface area contributed by atoms with Gasteiger partial charge in [0.05, 0.1) is 5.54 Å². The van der Waals surface area contributed by atoms with E-state index in [9.17, 15) is 10.0 Å². The first kappa shape index (κ1) is 24.4. The van der Waals surface area contributed by atoms with Gasteiger partial charge >= 0.3 is 5.97 Å². The Morgan fingerprint density at radius 1 is 0.889 bits per heavy atom. The summed E-state index contributed by atoms with van der Waals surface area (Å²) in [4.78, 5) is 12.3. The highest BCUT2D eigenvalue weighted by Crippen LogP contribution is 2.42. The molecule has 1 rings (SSSR count). The van der Waals surface area contributed by atoms with Gasteiger partial charge in [0.25, 0.3) is 0 Å². The lowest BCUT2D eigenvalue weighted by Gasteiger charge is -2.52. The summed E-state index contributed by atoms with van der Waals surface area (Å²) in [6, 6.07) is 0. The molecule has 1 aliphatic heterocycles. The van der Waals surface area contributed by atoms with Crippen LogP contribution < -0.4 is 0 Å². The maximum absolute atomic E-state index is 12.8. The fourth-order valence-electron chi connectivity index (χ4n) is 4.60. The smallest absolute Gasteiger partial charge is 0.306 e. The Balaban J connectivity index is 2.29. The molecule has 4 heteroatoms. The van der Waals surface area contributed by atoms with Gasteiger partial charge in [-0.15, -0.1) is 10.3 Å². The van der Waals surface area contributed by atoms with Crippen molar-refractivity contribution in [3.8, 4) is 0 Å². The molecule has 0 saturated carbocycles. The van der Waals surface area contributed by atoms with Gasteiger partial charge < -0.3 is 4.74 Å². The molecule has 0 amide bonds. The number of carbonyl (C=O) groups excluding carboxylic acids is 1. The lowest BCUT2D eigenvalue weighted by atomic mass is 9.75. The Morgan fingerprint density at radius 3 is 1.93 bits per heavy atom. The lowest BCUT2D eigenvalue weighted by molar-refractivity contribution is -0.310. The van der Waals surface area contributed by atoms with E-state index in [0.717, 1.165) is 25.7 Å². The van der Waals surface area contributed by atoms with Crippen molar-refractivity contribution in [3.63, 3.8) is 0 Å². The predicted molar refractivity (Wildman–Crippen MR) is 111 cm³/mol. The van der Waals surface area contributed by atoms with E-state index in [1.54, 1.807) is 0 Å². The molecule has 1 atom stereocenters. The third-order valence-corrected chi connectivity index (χ3v) is 6.41. The van der Waals surface area contributed by atoms with Crippen LogP contribution >= 0.6 is 0 Å². The molecular formula is C23H44NO3. The molecule has 0 spiro atoms. The number of hydrogen-bond acceptors (Lipinski definition) is 3. The zero-order chi connectivity index (χ0) is 20.3. The molecule has 1 unspecified atom stereocenters. The quantitative estimate of drug-likeness (QED) is 0.266. The Bertz CT molecular complexity index is 418. The third kappa shape index (κ3) is 7.73. The number of piperidine rings is 1. The van der Waals surface area contributed by atoms with Gasteiger partial charge in [0.2, 0.25) is 0 Å². The van der Waals surface area contributed by atoms with Gasteiger partial charge in [-0.05, 0) is 33.1 Å². The molecule has 1 aliphatic rings. The highest BCUT2D eigenvalue weighted by Gasteiger charge is 2.50. The van der Waals surface area contributed by atoms with Gasteiger partial charge in [-0.3, -0.25) is 4.79 Å². The Labute approximate surface area is 168 Å². The predicted octanol–water partition coefficient (Wildman–Crippen LogP) is 6.60. The fourth-order valence-corrected chi connectivity index (χ4v) is 4.60. The van der Waals surface area contributed by atoms with Crippen LogP contribution in [-0.2, 0) is 14.7 Å². The van der Waals surface area contributed by atoms with E-state index in [1.165, 1.54) is 50.0 Å². The van der Waals surface area contributed by atoms with Gasteiger partial charge in [-0.1, -0.05) is 72.1 Å². The SMILES string of the molecule is CCCCCCCCCCCC(=O)OC1CC(C)(C)N([O])C(CC)(CC)C1. The van der Waals surface area contributed by atoms with Crippen molar-refractivity contribution in [3.05, 3.63) is 0 Å². The number of rotatable bonds is 13. The van der Waals surface area contributed by atoms with Crippen molar-refractivity contribution in [2.45, 2.75) is 142 Å². The van der Waals surface area contributed by atoms with Crippen LogP contribution in [0.2, 0.25) is 0 Å². The number of esters is 1. The van der Waals surface area contributed by atoms with Crippen molar-refractivity contribution < 1.29 is 14.7 Å². The minimum Gasteiger partial charge on any atom is -0.462 e. The first-order chi connectivity index (χ1) is 12.8. The molecule has 0 N–H and O–H groups in total. The summed E-state index contributed by atoms with van der Waals surface area (Å²) in [6.45, 7) is 10.3. The standard InChI is InChI=1S/C23H44NO3/c1-6-9-10-11-12-13-14-15-16-17-21(25)27-20-18-22(4,5)24(26)23(7-2,8-3)19-20/h20H,6-19H2,1-5H3. The van der Waals surface area contributed by atoms with Crippen molar-refractivity contribution in [2.24, 2.45) is 0 Å². The Kier molecular flexibility index (Phi) is 10.9. The third-order valence-electron chi connectivity index (χ3n) is 6.41. The number of unbranched alkanes of at least 4 members (excludes halogenated alkanes) is 8. The van der Waals surface area contributed by atoms with Gasteiger partial charge in [0.1, 0.15) is 6.10 Å². The number of hydrogen-bond donors (Lipinski definition) is 0. The minimum atomic E-state index is -0.479. The molecule has 0 aliphatic carbocycles. The molecule has 4 nitrogen and oxygen atoms in total. The summed E-state index contributed by atoms with van der Waals surface area (Å²) in [6.07, 6.45) is 14.5. The van der Waals surface area contributed by atoms with Gasteiger partial charge in [0.15, 0.2) is 0 Å². The van der Waals surface area contributed by atoms with E-state index in [4.69, 9.17) is 4.74 Å². The van der Waals surface area contributed by atoms with Crippen LogP contribution in [0.15, 0.2) is 0 Å². The number of ether oxygens (including phenoxy) is 1. The average molecular weight is 383 g/mol. The monoisotopic (exact) mass is 382 g/mol. The van der Waals surface area contributed by atoms with Crippen LogP contribution in [0.1, 0.15) is 125 Å². The van der Waals surface area contributed by atoms with E-state index in [2.05, 4.69) is 20.8 Å². The molecule has 159 valence electrons. The fraction of sp³-hybridized carbons (Fsp3) is 0.957. The summed E-state index contributed by atoms with van der Waals surface area (Å²) in [7, 11) is 0. The van der Waals surface area contributed by atoms with Crippen molar-refractivity contribution in [1.82, 2.24) is 5.06 Å². The largest absolute Gasteiger partial charge is 0.462 e. The minimum absolute atomic E-state index is 0.0841. The van der Waals surface area contributed by atoms with E-state index in [-0.39, 0.29) is 12.1 Å². The number of hydroxylamine groups is 2. The molecule has 1 heterocycles. The van der Waals surface area contributed by atoms with E-state index < -0.39 is 11.1 Å². The van der Waals surface area contributed by atoms with Crippen LogP contribution in [0.4, 0.5) is 0 Å². The highest BCUT2D eigenvalue weighted by atomic mass is 16.5. The Morgan fingerprint density at radius 2 is 1.41 bits per heavy atom. The maximum Gasteiger partial charge on any atom is 0.306 e. The first-order valence-corrected chi connectivity index (χ1v) is 11.5. The van der Waals surface area contributed by atoms with E-state index >= 15 is 0 Å². The number of nitrogens with zero attached hydrogens (tertiary/aromatic N) is 1. The molecule has 0 aromatic carbocycles. The molecule has 0 bridgehead atoms. The molecule has 1 saturated heterocycles. The van der Waals surface area contributed by atoms with Crippen LogP contribution in [0.3, 0.4) is 0 Å². The van der Waals surface area contributed by atoms with Crippen LogP contribution in [0.25, 0.3) is 0 Å². The lowest BCUT2D eigenvalue weighted by Crippen LogP contribution is -2.62. The van der Waals surface area contributed by atoms with Gasteiger partial charge in [-0.2, -0.15) is 0 Å². The van der Waals surface area contributed by atoms with Crippen molar-refractivity contribution >= 4 is 5.97 Å². The summed E-state index contributed by atoms with van der Waals surface area (Å²) in [5, 5.41) is 14.1. The van der Waals surface area contributed by atoms with Crippen molar-refractivity contribution in [1.29, 1.82) is 0 Å². The molecule has 1 fully saturated rings. The normalized spacial score (nSPS) is 21.9. The van der Waals surface area contributed by atoms with Crippen LogP contribution in [-0.4, -0.2) is 28.2 Å². The van der Waals surface area contributed by atoms with E-state index in [1.807, 2.05) is 13.8 Å². The zero-order valence-electron chi connectivity index (χ0n) is 18.6. The summed E-state index contributed by atoms with van der Waals surface area (Å²) in [5.74, 6) is -0.0841. The molecular weight excluding hydrogens is 338 g/mol. The molecule has 27 heavy (non-hydrogen) atoms. The zero-order valence-corrected chi connectivity index (χ0v) is 18.6. The summed E-state index contributed by atoms with van der Waals surface area (Å²) < 4.78 is 5.80. The van der Waals surface area contributed by atoms with Crippen LogP contribution in [0.5, 0.6) is 0 Å². The average Bonchev–Trinajstić information content (AvgIpc) is 2.63. The second-order valence-electron chi connectivity index (χ2n) is 9.14. The molecule has 0 aromatic rings. The molecule has 1 radical (unpaired) electrons. The van der Waals surface area contributed by atoms with Gasteiger partial charge in [-0.25, -0.2) is 0 Å². The number of carbonyl (C=O) groups is 1. The van der Waals surface area contributed by atoms with Crippen molar-refractivity contribution in [2.75, 3.05) is 0 Å². The molecule has 0 aromatic heterocycles. The second-order valence-corrected chi connectivity index (χ2v) is 9.14. The Hall–Kier alpha value is -0.610. The second kappa shape index (κ2) is 12.1. The van der Waals surface area contributed by atoms with E-state index in [0.29, 0.717) is 19.3 Å². The summed E-state index contributed by atoms with van der Waals surface area (Å²) >= 11 is 0. The summed E-state index contributed by atoms with van der Waals surface area (Å²) in [5.41, 5.74) is -0.878. The highest BCUT2D eigenvalue weighted by molar-refractivity contribution is 5.69.